The molecule has 2 rings (SSSR count). The molecule has 0 N–H and O–H groups in total. The number of hydrogen-bond donors (Lipinski definition) is 0. The van der Waals surface area contributed by atoms with Crippen molar-refractivity contribution in [3.8, 4) is 0 Å². The predicted octanol–water partition coefficient (Wildman–Crippen LogP) is 3.76. The molecule has 98 valence electrons. The van der Waals surface area contributed by atoms with Crippen LogP contribution in [-0.4, -0.2) is 16.8 Å². The number of hydrogen-bond acceptors (Lipinski definition) is 1. The van der Waals surface area contributed by atoms with Crippen LogP contribution in [0.1, 0.15) is 20.3 Å². The van der Waals surface area contributed by atoms with Gasteiger partial charge in [0.05, 0.1) is 5.41 Å². The van der Waals surface area contributed by atoms with Gasteiger partial charge in [-0.3, -0.25) is 4.79 Å². The van der Waals surface area contributed by atoms with E-state index in [9.17, 15) is 9.18 Å². The minimum atomic E-state index is -0.989. The Hall–Kier alpha value is -0.800. The fourth-order valence-electron chi connectivity index (χ4n) is 1.99. The lowest BCUT2D eigenvalue weighted by atomic mass is 10.1. The van der Waals surface area contributed by atoms with Crippen molar-refractivity contribution >= 4 is 34.8 Å². The SMILES string of the molecule is CCN(C(=O)C1(C)CC1(Cl)Cl)c1ccc(F)cc1. The summed E-state index contributed by atoms with van der Waals surface area (Å²) in [6.07, 6.45) is 0.444. The second kappa shape index (κ2) is 4.39. The highest BCUT2D eigenvalue weighted by atomic mass is 35.5. The normalized spacial score (nSPS) is 24.7. The maximum absolute atomic E-state index is 12.9. The van der Waals surface area contributed by atoms with Crippen LogP contribution in [0.2, 0.25) is 0 Å². The summed E-state index contributed by atoms with van der Waals surface area (Å²) in [5.41, 5.74) is -0.0956. The van der Waals surface area contributed by atoms with Crippen molar-refractivity contribution < 1.29 is 9.18 Å². The third-order valence-corrected chi connectivity index (χ3v) is 4.53. The van der Waals surface area contributed by atoms with E-state index in [2.05, 4.69) is 0 Å². The molecule has 1 aliphatic carbocycles. The van der Waals surface area contributed by atoms with Gasteiger partial charge in [0, 0.05) is 12.2 Å². The summed E-state index contributed by atoms with van der Waals surface area (Å²) in [5.74, 6) is -0.453. The Balaban J connectivity index is 2.25. The minimum Gasteiger partial charge on any atom is -0.312 e. The van der Waals surface area contributed by atoms with E-state index in [1.165, 1.54) is 12.1 Å². The number of amides is 1. The highest BCUT2D eigenvalue weighted by Gasteiger charge is 2.68. The third-order valence-electron chi connectivity index (χ3n) is 3.43. The molecule has 1 fully saturated rings. The molecule has 2 nitrogen and oxygen atoms in total. The van der Waals surface area contributed by atoms with E-state index in [0.717, 1.165) is 0 Å². The quantitative estimate of drug-likeness (QED) is 0.776. The molecule has 0 heterocycles. The molecule has 1 aromatic carbocycles. The van der Waals surface area contributed by atoms with Gasteiger partial charge in [-0.05, 0) is 44.5 Å². The lowest BCUT2D eigenvalue weighted by Crippen LogP contribution is -2.38. The van der Waals surface area contributed by atoms with E-state index in [1.807, 2.05) is 6.92 Å². The molecule has 0 saturated heterocycles. The topological polar surface area (TPSA) is 20.3 Å². The minimum absolute atomic E-state index is 0.124. The van der Waals surface area contributed by atoms with Crippen LogP contribution >= 0.6 is 23.2 Å². The van der Waals surface area contributed by atoms with Crippen molar-refractivity contribution in [1.29, 1.82) is 0 Å². The second-order valence-electron chi connectivity index (χ2n) is 4.74. The molecule has 1 saturated carbocycles. The molecular weight excluding hydrogens is 276 g/mol. The van der Waals surface area contributed by atoms with Gasteiger partial charge >= 0.3 is 0 Å². The Kier molecular flexibility index (Phi) is 3.32. The molecule has 18 heavy (non-hydrogen) atoms. The fraction of sp³-hybridized carbons (Fsp3) is 0.462. The van der Waals surface area contributed by atoms with Crippen LogP contribution in [0.3, 0.4) is 0 Å². The number of rotatable bonds is 3. The molecule has 0 radical (unpaired) electrons. The van der Waals surface area contributed by atoms with Crippen LogP contribution in [0.25, 0.3) is 0 Å². The summed E-state index contributed by atoms with van der Waals surface area (Å²) < 4.78 is 11.9. The summed E-state index contributed by atoms with van der Waals surface area (Å²) in [7, 11) is 0. The van der Waals surface area contributed by atoms with Gasteiger partial charge in [-0.15, -0.1) is 23.2 Å². The number of anilines is 1. The summed E-state index contributed by atoms with van der Waals surface area (Å²) in [5, 5.41) is 0. The zero-order chi connectivity index (χ0) is 13.6. The van der Waals surface area contributed by atoms with Gasteiger partial charge in [0.15, 0.2) is 0 Å². The Morgan fingerprint density at radius 3 is 2.28 bits per heavy atom. The van der Waals surface area contributed by atoms with Crippen LogP contribution in [0.5, 0.6) is 0 Å². The van der Waals surface area contributed by atoms with Crippen LogP contribution in [0.15, 0.2) is 24.3 Å². The lowest BCUT2D eigenvalue weighted by Gasteiger charge is -2.25. The molecule has 1 amide bonds. The lowest BCUT2D eigenvalue weighted by molar-refractivity contribution is -0.123. The van der Waals surface area contributed by atoms with E-state index in [-0.39, 0.29) is 11.7 Å². The van der Waals surface area contributed by atoms with Crippen molar-refractivity contribution in [1.82, 2.24) is 0 Å². The van der Waals surface area contributed by atoms with Crippen molar-refractivity contribution in [3.63, 3.8) is 0 Å². The highest BCUT2D eigenvalue weighted by Crippen LogP contribution is 2.64. The van der Waals surface area contributed by atoms with Gasteiger partial charge in [0.2, 0.25) is 5.91 Å². The molecule has 1 aromatic rings. The first kappa shape index (κ1) is 13.6. The molecule has 1 aliphatic rings. The summed E-state index contributed by atoms with van der Waals surface area (Å²) in [4.78, 5) is 14.0. The van der Waals surface area contributed by atoms with E-state index in [4.69, 9.17) is 23.2 Å². The number of nitrogens with zero attached hydrogens (tertiary/aromatic N) is 1. The summed E-state index contributed by atoms with van der Waals surface area (Å²) >= 11 is 12.0. The standard InChI is InChI=1S/C13H14Cl2FNO/c1-3-17(10-6-4-9(16)5-7-10)11(18)12(2)8-13(12,14)15/h4-7H,3,8H2,1-2H3. The number of halogens is 3. The predicted molar refractivity (Wildman–Crippen MR) is 71.6 cm³/mol. The largest absolute Gasteiger partial charge is 0.312 e. The van der Waals surface area contributed by atoms with E-state index < -0.39 is 9.75 Å². The molecule has 1 atom stereocenters. The maximum atomic E-state index is 12.9. The average Bonchev–Trinajstić information content (AvgIpc) is 2.83. The van der Waals surface area contributed by atoms with Gasteiger partial charge in [-0.1, -0.05) is 0 Å². The number of benzene rings is 1. The average molecular weight is 290 g/mol. The van der Waals surface area contributed by atoms with Gasteiger partial charge in [-0.2, -0.15) is 0 Å². The maximum Gasteiger partial charge on any atom is 0.236 e. The van der Waals surface area contributed by atoms with Crippen molar-refractivity contribution in [2.75, 3.05) is 11.4 Å². The molecule has 0 bridgehead atoms. The van der Waals surface area contributed by atoms with Crippen molar-refractivity contribution in [2.45, 2.75) is 24.6 Å². The highest BCUT2D eigenvalue weighted by molar-refractivity contribution is 6.53. The molecular formula is C13H14Cl2FNO. The van der Waals surface area contributed by atoms with Gasteiger partial charge < -0.3 is 4.90 Å². The smallest absolute Gasteiger partial charge is 0.236 e. The number of carbonyl (C=O) groups is 1. The Bertz CT molecular complexity index is 474. The van der Waals surface area contributed by atoms with Crippen LogP contribution in [0.4, 0.5) is 10.1 Å². The van der Waals surface area contributed by atoms with E-state index in [1.54, 1.807) is 24.0 Å². The zero-order valence-corrected chi connectivity index (χ0v) is 11.7. The van der Waals surface area contributed by atoms with Crippen molar-refractivity contribution in [2.24, 2.45) is 5.41 Å². The number of carbonyl (C=O) groups excluding carboxylic acids is 1. The molecule has 1 unspecified atom stereocenters. The van der Waals surface area contributed by atoms with Gasteiger partial charge in [0.1, 0.15) is 10.2 Å². The fourth-order valence-corrected chi connectivity index (χ4v) is 2.69. The number of alkyl halides is 2. The van der Waals surface area contributed by atoms with Crippen LogP contribution < -0.4 is 4.90 Å². The first-order valence-corrected chi connectivity index (χ1v) is 6.53. The molecule has 5 heteroatoms. The Morgan fingerprint density at radius 1 is 1.39 bits per heavy atom. The van der Waals surface area contributed by atoms with E-state index >= 15 is 0 Å². The first-order chi connectivity index (χ1) is 8.32. The van der Waals surface area contributed by atoms with Crippen LogP contribution in [0, 0.1) is 11.2 Å². The Morgan fingerprint density at radius 2 is 1.89 bits per heavy atom. The summed E-state index contributed by atoms with van der Waals surface area (Å²) in [6, 6.07) is 5.81. The van der Waals surface area contributed by atoms with E-state index in [0.29, 0.717) is 18.7 Å². The van der Waals surface area contributed by atoms with Gasteiger partial charge in [0.25, 0.3) is 0 Å². The molecule has 0 aliphatic heterocycles. The van der Waals surface area contributed by atoms with Crippen LogP contribution in [-0.2, 0) is 4.79 Å². The molecule has 0 aromatic heterocycles. The Labute approximate surface area is 116 Å². The zero-order valence-electron chi connectivity index (χ0n) is 10.2. The van der Waals surface area contributed by atoms with Crippen molar-refractivity contribution in [3.05, 3.63) is 30.1 Å². The second-order valence-corrected chi connectivity index (χ2v) is 6.22. The molecule has 0 spiro atoms. The van der Waals surface area contributed by atoms with Gasteiger partial charge in [-0.25, -0.2) is 4.39 Å². The first-order valence-electron chi connectivity index (χ1n) is 5.77. The summed E-state index contributed by atoms with van der Waals surface area (Å²) in [6.45, 7) is 4.10. The third kappa shape index (κ3) is 2.10. The monoisotopic (exact) mass is 289 g/mol.